The van der Waals surface area contributed by atoms with Crippen molar-refractivity contribution in [2.45, 2.75) is 6.42 Å². The first-order chi connectivity index (χ1) is 7.66. The highest BCUT2D eigenvalue weighted by Gasteiger charge is 2.12. The first kappa shape index (κ1) is 10.6. The van der Waals surface area contributed by atoms with E-state index >= 15 is 0 Å². The van der Waals surface area contributed by atoms with Crippen molar-refractivity contribution in [3.05, 3.63) is 46.9 Å². The number of furan rings is 1. The van der Waals surface area contributed by atoms with Crippen LogP contribution in [0.3, 0.4) is 0 Å². The molecule has 0 spiro atoms. The van der Waals surface area contributed by atoms with E-state index in [0.29, 0.717) is 18.0 Å². The number of hydrogen-bond acceptors (Lipinski definition) is 4. The summed E-state index contributed by atoms with van der Waals surface area (Å²) < 4.78 is 5.12. The summed E-state index contributed by atoms with van der Waals surface area (Å²) in [5.74, 6) is -0.0290. The molecule has 0 bridgehead atoms. The minimum Gasteiger partial charge on any atom is -0.478 e. The van der Waals surface area contributed by atoms with E-state index in [-0.39, 0.29) is 10.7 Å². The zero-order valence-corrected chi connectivity index (χ0v) is 8.81. The van der Waals surface area contributed by atoms with Gasteiger partial charge in [-0.1, -0.05) is 11.6 Å². The largest absolute Gasteiger partial charge is 0.478 e. The van der Waals surface area contributed by atoms with Gasteiger partial charge in [0.2, 0.25) is 0 Å². The second-order valence-electron chi connectivity index (χ2n) is 3.05. The number of halogens is 1. The van der Waals surface area contributed by atoms with Crippen LogP contribution in [-0.4, -0.2) is 21.0 Å². The van der Waals surface area contributed by atoms with Crippen LogP contribution in [0.15, 0.2) is 29.0 Å². The fourth-order valence-corrected chi connectivity index (χ4v) is 1.42. The fourth-order valence-electron chi connectivity index (χ4n) is 1.19. The van der Waals surface area contributed by atoms with E-state index in [9.17, 15) is 4.79 Å². The Morgan fingerprint density at radius 3 is 2.94 bits per heavy atom. The van der Waals surface area contributed by atoms with E-state index in [1.807, 2.05) is 0 Å². The second-order valence-corrected chi connectivity index (χ2v) is 3.41. The lowest BCUT2D eigenvalue weighted by Gasteiger charge is -2.00. The summed E-state index contributed by atoms with van der Waals surface area (Å²) in [4.78, 5) is 18.4. The van der Waals surface area contributed by atoms with Gasteiger partial charge in [-0.05, 0) is 12.1 Å². The van der Waals surface area contributed by atoms with Crippen LogP contribution in [0.25, 0.3) is 0 Å². The molecule has 1 N–H and O–H groups in total. The number of nitrogens with zero attached hydrogens (tertiary/aromatic N) is 2. The fraction of sp³-hybridized carbons (Fsp3) is 0.100. The van der Waals surface area contributed by atoms with E-state index < -0.39 is 5.97 Å². The molecule has 0 aliphatic carbocycles. The molecule has 0 amide bonds. The standard InChI is InChI=1S/C10H7ClN2O3/c11-9-7(10(14)15)5-12-8(13-9)4-6-2-1-3-16-6/h1-3,5H,4H2,(H,14,15). The van der Waals surface area contributed by atoms with Crippen molar-refractivity contribution >= 4 is 17.6 Å². The Morgan fingerprint density at radius 1 is 1.56 bits per heavy atom. The van der Waals surface area contributed by atoms with Gasteiger partial charge in [0.05, 0.1) is 12.7 Å². The molecule has 16 heavy (non-hydrogen) atoms. The minimum atomic E-state index is -1.14. The van der Waals surface area contributed by atoms with Crippen LogP contribution in [0.2, 0.25) is 5.15 Å². The summed E-state index contributed by atoms with van der Waals surface area (Å²) in [6.07, 6.45) is 3.12. The number of aromatic carboxylic acids is 1. The third-order valence-corrected chi connectivity index (χ3v) is 2.22. The van der Waals surface area contributed by atoms with Crippen LogP contribution in [0.1, 0.15) is 21.9 Å². The number of carboxylic acids is 1. The summed E-state index contributed by atoms with van der Waals surface area (Å²) in [5.41, 5.74) is -0.107. The number of carbonyl (C=O) groups is 1. The van der Waals surface area contributed by atoms with Gasteiger partial charge in [0, 0.05) is 6.20 Å². The SMILES string of the molecule is O=C(O)c1cnc(Cc2ccco2)nc1Cl. The third kappa shape index (κ3) is 2.20. The molecule has 0 saturated heterocycles. The maximum atomic E-state index is 10.7. The van der Waals surface area contributed by atoms with Crippen LogP contribution < -0.4 is 0 Å². The zero-order valence-electron chi connectivity index (χ0n) is 8.05. The summed E-state index contributed by atoms with van der Waals surface area (Å²) in [6.45, 7) is 0. The van der Waals surface area contributed by atoms with E-state index in [1.165, 1.54) is 6.20 Å². The third-order valence-electron chi connectivity index (χ3n) is 1.93. The van der Waals surface area contributed by atoms with Crippen molar-refractivity contribution in [1.82, 2.24) is 9.97 Å². The maximum absolute atomic E-state index is 10.7. The number of aromatic nitrogens is 2. The monoisotopic (exact) mass is 238 g/mol. The lowest BCUT2D eigenvalue weighted by atomic mass is 10.3. The summed E-state index contributed by atoms with van der Waals surface area (Å²) in [5, 5.41) is 8.66. The summed E-state index contributed by atoms with van der Waals surface area (Å²) >= 11 is 5.70. The first-order valence-corrected chi connectivity index (χ1v) is 4.81. The van der Waals surface area contributed by atoms with Crippen LogP contribution in [-0.2, 0) is 6.42 Å². The topological polar surface area (TPSA) is 76.2 Å². The van der Waals surface area contributed by atoms with Crippen LogP contribution in [0.5, 0.6) is 0 Å². The molecule has 82 valence electrons. The average Bonchev–Trinajstić information content (AvgIpc) is 2.70. The van der Waals surface area contributed by atoms with Gasteiger partial charge in [-0.25, -0.2) is 14.8 Å². The molecule has 6 heteroatoms. The average molecular weight is 239 g/mol. The molecule has 2 rings (SSSR count). The van der Waals surface area contributed by atoms with Crippen molar-refractivity contribution in [1.29, 1.82) is 0 Å². The Kier molecular flexibility index (Phi) is 2.87. The van der Waals surface area contributed by atoms with E-state index in [4.69, 9.17) is 21.1 Å². The molecule has 0 aliphatic rings. The van der Waals surface area contributed by atoms with Crippen LogP contribution in [0, 0.1) is 0 Å². The van der Waals surface area contributed by atoms with Gasteiger partial charge in [-0.15, -0.1) is 0 Å². The first-order valence-electron chi connectivity index (χ1n) is 4.44. The Bertz CT molecular complexity index is 511. The van der Waals surface area contributed by atoms with Gasteiger partial charge >= 0.3 is 5.97 Å². The molecule has 2 aromatic rings. The number of hydrogen-bond donors (Lipinski definition) is 1. The predicted molar refractivity (Wildman–Crippen MR) is 55.5 cm³/mol. The molecule has 0 aromatic carbocycles. The molecule has 0 saturated carbocycles. The normalized spacial score (nSPS) is 10.3. The van der Waals surface area contributed by atoms with E-state index in [1.54, 1.807) is 18.4 Å². The number of rotatable bonds is 3. The highest BCUT2D eigenvalue weighted by Crippen LogP contribution is 2.13. The van der Waals surface area contributed by atoms with Gasteiger partial charge < -0.3 is 9.52 Å². The Labute approximate surface area is 95.7 Å². The Balaban J connectivity index is 2.24. The van der Waals surface area contributed by atoms with Gasteiger partial charge in [0.25, 0.3) is 0 Å². The molecule has 5 nitrogen and oxygen atoms in total. The molecule has 0 atom stereocenters. The van der Waals surface area contributed by atoms with Crippen LogP contribution >= 0.6 is 11.6 Å². The van der Waals surface area contributed by atoms with Gasteiger partial charge in [0.15, 0.2) is 0 Å². The predicted octanol–water partition coefficient (Wildman–Crippen LogP) is 2.01. The zero-order chi connectivity index (χ0) is 11.5. The lowest BCUT2D eigenvalue weighted by molar-refractivity contribution is 0.0696. The molecule has 2 heterocycles. The molecule has 2 aromatic heterocycles. The Morgan fingerprint density at radius 2 is 2.38 bits per heavy atom. The molecular weight excluding hydrogens is 232 g/mol. The second kappa shape index (κ2) is 4.32. The molecular formula is C10H7ClN2O3. The van der Waals surface area contributed by atoms with Gasteiger partial charge in [-0.3, -0.25) is 0 Å². The summed E-state index contributed by atoms with van der Waals surface area (Å²) in [7, 11) is 0. The molecule has 0 fully saturated rings. The number of carboxylic acid groups (broad SMARTS) is 1. The van der Waals surface area contributed by atoms with Crippen molar-refractivity contribution in [3.8, 4) is 0 Å². The van der Waals surface area contributed by atoms with Crippen molar-refractivity contribution in [2.24, 2.45) is 0 Å². The van der Waals surface area contributed by atoms with Crippen molar-refractivity contribution in [3.63, 3.8) is 0 Å². The molecule has 0 aliphatic heterocycles. The van der Waals surface area contributed by atoms with Gasteiger partial charge in [0.1, 0.15) is 22.3 Å². The Hall–Kier alpha value is -1.88. The van der Waals surface area contributed by atoms with Gasteiger partial charge in [-0.2, -0.15) is 0 Å². The quantitative estimate of drug-likeness (QED) is 0.828. The lowest BCUT2D eigenvalue weighted by Crippen LogP contribution is -2.04. The molecule has 0 radical (unpaired) electrons. The van der Waals surface area contributed by atoms with E-state index in [0.717, 1.165) is 0 Å². The maximum Gasteiger partial charge on any atom is 0.340 e. The van der Waals surface area contributed by atoms with Crippen LogP contribution in [0.4, 0.5) is 0 Å². The molecule has 0 unspecified atom stereocenters. The van der Waals surface area contributed by atoms with E-state index in [2.05, 4.69) is 9.97 Å². The highest BCUT2D eigenvalue weighted by molar-refractivity contribution is 6.32. The minimum absolute atomic E-state index is 0.0657. The smallest absolute Gasteiger partial charge is 0.340 e. The van der Waals surface area contributed by atoms with Crippen molar-refractivity contribution in [2.75, 3.05) is 0 Å². The highest BCUT2D eigenvalue weighted by atomic mass is 35.5. The summed E-state index contributed by atoms with van der Waals surface area (Å²) in [6, 6.07) is 3.53. The van der Waals surface area contributed by atoms with Crippen molar-refractivity contribution < 1.29 is 14.3 Å².